The number of thioether (sulfide) groups is 1. The van der Waals surface area contributed by atoms with Gasteiger partial charge in [0.05, 0.1) is 12.8 Å². The van der Waals surface area contributed by atoms with Crippen molar-refractivity contribution in [3.63, 3.8) is 0 Å². The van der Waals surface area contributed by atoms with E-state index >= 15 is 0 Å². The lowest BCUT2D eigenvalue weighted by Gasteiger charge is -2.05. The summed E-state index contributed by atoms with van der Waals surface area (Å²) in [6.45, 7) is 2.93. The molecule has 25 heavy (non-hydrogen) atoms. The maximum Gasteiger partial charge on any atom is 0.180 e. The third-order valence-corrected chi connectivity index (χ3v) is 4.32. The van der Waals surface area contributed by atoms with Crippen LogP contribution in [0.2, 0.25) is 0 Å². The molecule has 132 valence electrons. The lowest BCUT2D eigenvalue weighted by Crippen LogP contribution is -2.06. The molecule has 0 radical (unpaired) electrons. The summed E-state index contributed by atoms with van der Waals surface area (Å²) in [4.78, 5) is 0. The van der Waals surface area contributed by atoms with Crippen LogP contribution in [-0.2, 0) is 5.75 Å². The van der Waals surface area contributed by atoms with Crippen molar-refractivity contribution in [1.29, 1.82) is 0 Å². The zero-order valence-electron chi connectivity index (χ0n) is 14.6. The molecule has 5 heteroatoms. The van der Waals surface area contributed by atoms with Gasteiger partial charge in [-0.2, -0.15) is 5.10 Å². The van der Waals surface area contributed by atoms with Crippen LogP contribution in [-0.4, -0.2) is 18.0 Å². The number of benzene rings is 2. The van der Waals surface area contributed by atoms with Gasteiger partial charge in [-0.1, -0.05) is 74.0 Å². The Morgan fingerprint density at radius 1 is 1.12 bits per heavy atom. The van der Waals surface area contributed by atoms with Crippen molar-refractivity contribution in [3.05, 3.63) is 65.7 Å². The van der Waals surface area contributed by atoms with Crippen LogP contribution in [0.4, 0.5) is 0 Å². The van der Waals surface area contributed by atoms with Crippen LogP contribution in [0.5, 0.6) is 5.75 Å². The van der Waals surface area contributed by atoms with E-state index in [1.165, 1.54) is 30.2 Å². The van der Waals surface area contributed by atoms with E-state index in [4.69, 9.17) is 10.5 Å². The van der Waals surface area contributed by atoms with E-state index in [1.54, 1.807) is 6.21 Å². The van der Waals surface area contributed by atoms with Gasteiger partial charge < -0.3 is 10.5 Å². The summed E-state index contributed by atoms with van der Waals surface area (Å²) in [6, 6.07) is 18.0. The van der Waals surface area contributed by atoms with E-state index in [9.17, 15) is 0 Å². The highest BCUT2D eigenvalue weighted by molar-refractivity contribution is 8.13. The quantitative estimate of drug-likeness (QED) is 0.303. The predicted octanol–water partition coefficient (Wildman–Crippen LogP) is 4.84. The van der Waals surface area contributed by atoms with Crippen LogP contribution in [0, 0.1) is 0 Å². The second kappa shape index (κ2) is 11.3. The standard InChI is InChI=1S/C20H25N3OS/c1-2-3-7-13-24-19-12-8-11-18(14-19)15-22-23-20(21)25-16-17-9-5-4-6-10-17/h4-6,8-12,14-15H,2-3,7,13,16H2,1H3,(H2,21,23). The lowest BCUT2D eigenvalue weighted by molar-refractivity contribution is 0.306. The van der Waals surface area contributed by atoms with Crippen LogP contribution in [0.15, 0.2) is 64.8 Å². The molecule has 0 amide bonds. The number of nitrogens with two attached hydrogens (primary N) is 1. The van der Waals surface area contributed by atoms with Crippen molar-refractivity contribution >= 4 is 23.1 Å². The highest BCUT2D eigenvalue weighted by Gasteiger charge is 1.97. The molecule has 2 aromatic carbocycles. The average molecular weight is 356 g/mol. The Hall–Kier alpha value is -2.27. The Morgan fingerprint density at radius 3 is 2.76 bits per heavy atom. The Labute approximate surface area is 154 Å². The maximum atomic E-state index is 5.88. The molecule has 0 unspecified atom stereocenters. The first-order chi connectivity index (χ1) is 12.3. The number of hydrogen-bond acceptors (Lipinski definition) is 4. The van der Waals surface area contributed by atoms with Gasteiger partial charge in [0.2, 0.25) is 0 Å². The summed E-state index contributed by atoms with van der Waals surface area (Å²) in [5, 5.41) is 8.55. The highest BCUT2D eigenvalue weighted by atomic mass is 32.2. The summed E-state index contributed by atoms with van der Waals surface area (Å²) in [7, 11) is 0. The summed E-state index contributed by atoms with van der Waals surface area (Å²) >= 11 is 1.47. The van der Waals surface area contributed by atoms with Gasteiger partial charge in [0.1, 0.15) is 5.75 Å². The first-order valence-electron chi connectivity index (χ1n) is 8.54. The minimum absolute atomic E-state index is 0.451. The van der Waals surface area contributed by atoms with Crippen LogP contribution in [0.3, 0.4) is 0 Å². The zero-order valence-corrected chi connectivity index (χ0v) is 15.4. The number of unbranched alkanes of at least 4 members (excludes halogenated alkanes) is 2. The number of amidine groups is 1. The van der Waals surface area contributed by atoms with Crippen LogP contribution < -0.4 is 10.5 Å². The van der Waals surface area contributed by atoms with Gasteiger partial charge >= 0.3 is 0 Å². The molecule has 0 atom stereocenters. The molecule has 2 rings (SSSR count). The van der Waals surface area contributed by atoms with Crippen molar-refractivity contribution in [2.45, 2.75) is 31.9 Å². The second-order valence-electron chi connectivity index (χ2n) is 5.59. The highest BCUT2D eigenvalue weighted by Crippen LogP contribution is 2.14. The maximum absolute atomic E-state index is 5.88. The molecule has 0 saturated heterocycles. The monoisotopic (exact) mass is 355 g/mol. The Bertz CT molecular complexity index is 686. The normalized spacial score (nSPS) is 11.8. The molecule has 0 aliphatic carbocycles. The van der Waals surface area contributed by atoms with Crippen molar-refractivity contribution < 1.29 is 4.74 Å². The van der Waals surface area contributed by atoms with Gasteiger partial charge in [-0.05, 0) is 29.7 Å². The van der Waals surface area contributed by atoms with E-state index in [2.05, 4.69) is 29.3 Å². The molecule has 0 bridgehead atoms. The van der Waals surface area contributed by atoms with E-state index < -0.39 is 0 Å². The van der Waals surface area contributed by atoms with Crippen molar-refractivity contribution in [1.82, 2.24) is 0 Å². The van der Waals surface area contributed by atoms with Crippen molar-refractivity contribution in [3.8, 4) is 5.75 Å². The van der Waals surface area contributed by atoms with Crippen LogP contribution in [0.1, 0.15) is 37.3 Å². The first-order valence-corrected chi connectivity index (χ1v) is 9.52. The van der Waals surface area contributed by atoms with E-state index in [1.807, 2.05) is 42.5 Å². The molecular weight excluding hydrogens is 330 g/mol. The van der Waals surface area contributed by atoms with Gasteiger partial charge in [-0.3, -0.25) is 0 Å². The third-order valence-electron chi connectivity index (χ3n) is 3.47. The summed E-state index contributed by atoms with van der Waals surface area (Å²) in [5.41, 5.74) is 8.04. The molecule has 0 aliphatic rings. The number of ether oxygens (including phenoxy) is 1. The Kier molecular flexibility index (Phi) is 8.63. The molecule has 0 aliphatic heterocycles. The van der Waals surface area contributed by atoms with E-state index in [0.717, 1.165) is 30.1 Å². The zero-order chi connectivity index (χ0) is 17.7. The largest absolute Gasteiger partial charge is 0.494 e. The molecule has 0 fully saturated rings. The fourth-order valence-electron chi connectivity index (χ4n) is 2.14. The van der Waals surface area contributed by atoms with Crippen molar-refractivity contribution in [2.24, 2.45) is 15.9 Å². The SMILES string of the molecule is CCCCCOc1cccc(C=NN=C(N)SCc2ccccc2)c1. The third kappa shape index (κ3) is 7.90. The molecule has 0 saturated carbocycles. The minimum Gasteiger partial charge on any atom is -0.494 e. The van der Waals surface area contributed by atoms with Gasteiger partial charge in [0, 0.05) is 5.75 Å². The van der Waals surface area contributed by atoms with E-state index in [0.29, 0.717) is 5.17 Å². The summed E-state index contributed by atoms with van der Waals surface area (Å²) < 4.78 is 5.74. The molecule has 0 aromatic heterocycles. The summed E-state index contributed by atoms with van der Waals surface area (Å²) in [6.07, 6.45) is 5.15. The van der Waals surface area contributed by atoms with Gasteiger partial charge in [0.25, 0.3) is 0 Å². The number of hydrogen-bond donors (Lipinski definition) is 1. The van der Waals surface area contributed by atoms with Crippen LogP contribution >= 0.6 is 11.8 Å². The van der Waals surface area contributed by atoms with Gasteiger partial charge in [-0.25, -0.2) is 0 Å². The molecule has 4 nitrogen and oxygen atoms in total. The molecular formula is C20H25N3OS. The minimum atomic E-state index is 0.451. The molecule has 2 aromatic rings. The Balaban J connectivity index is 1.81. The van der Waals surface area contributed by atoms with Crippen molar-refractivity contribution in [2.75, 3.05) is 6.61 Å². The molecule has 0 spiro atoms. The molecule has 0 heterocycles. The molecule has 2 N–H and O–H groups in total. The first kappa shape index (κ1) is 19.1. The van der Waals surface area contributed by atoms with Gasteiger partial charge in [-0.15, -0.1) is 5.10 Å². The van der Waals surface area contributed by atoms with Gasteiger partial charge in [0.15, 0.2) is 5.17 Å². The average Bonchev–Trinajstić information content (AvgIpc) is 2.65. The second-order valence-corrected chi connectivity index (χ2v) is 6.58. The number of rotatable bonds is 9. The van der Waals surface area contributed by atoms with E-state index in [-0.39, 0.29) is 0 Å². The predicted molar refractivity (Wildman–Crippen MR) is 108 cm³/mol. The smallest absolute Gasteiger partial charge is 0.180 e. The fourth-order valence-corrected chi connectivity index (χ4v) is 2.75. The lowest BCUT2D eigenvalue weighted by atomic mass is 10.2. The van der Waals surface area contributed by atoms with Crippen LogP contribution in [0.25, 0.3) is 0 Å². The topological polar surface area (TPSA) is 60.0 Å². The fraction of sp³-hybridized carbons (Fsp3) is 0.300. The Morgan fingerprint density at radius 2 is 1.96 bits per heavy atom. The summed E-state index contributed by atoms with van der Waals surface area (Å²) in [5.74, 6) is 1.64. The number of nitrogens with zero attached hydrogens (tertiary/aromatic N) is 2.